The minimum Gasteiger partial charge on any atom is -0.463 e. The van der Waals surface area contributed by atoms with E-state index in [-0.39, 0.29) is 5.97 Å². The third-order valence-electron chi connectivity index (χ3n) is 3.04. The van der Waals surface area contributed by atoms with E-state index in [9.17, 15) is 4.79 Å². The average Bonchev–Trinajstić information content (AvgIpc) is 2.36. The van der Waals surface area contributed by atoms with Gasteiger partial charge in [-0.2, -0.15) is 0 Å². The summed E-state index contributed by atoms with van der Waals surface area (Å²) >= 11 is 0. The van der Waals surface area contributed by atoms with Crippen LogP contribution in [0.1, 0.15) is 78.6 Å². The lowest BCUT2D eigenvalue weighted by Gasteiger charge is -2.07. The quantitative estimate of drug-likeness (QED) is 0.294. The predicted octanol–water partition coefficient (Wildman–Crippen LogP) is 5.03. The summed E-state index contributed by atoms with van der Waals surface area (Å²) in [4.78, 5) is 11.6. The molecular weight excluding hydrogens is 224 g/mol. The Labute approximate surface area is 113 Å². The van der Waals surface area contributed by atoms with Gasteiger partial charge in [0.2, 0.25) is 0 Å². The number of carbonyl (C=O) groups is 1. The van der Waals surface area contributed by atoms with Gasteiger partial charge in [0.05, 0.1) is 6.61 Å². The first-order valence-corrected chi connectivity index (χ1v) is 7.62. The fraction of sp³-hybridized carbons (Fsp3) is 0.812. The Morgan fingerprint density at radius 1 is 0.944 bits per heavy atom. The van der Waals surface area contributed by atoms with E-state index in [0.29, 0.717) is 6.61 Å². The fourth-order valence-corrected chi connectivity index (χ4v) is 2.03. The third-order valence-corrected chi connectivity index (χ3v) is 3.04. The summed E-state index contributed by atoms with van der Waals surface area (Å²) in [5.74, 6) is -0.120. The largest absolute Gasteiger partial charge is 0.463 e. The Kier molecular flexibility index (Phi) is 12.1. The first-order chi connectivity index (χ1) is 8.76. The summed E-state index contributed by atoms with van der Waals surface area (Å²) in [6.07, 6.45) is 12.8. The highest BCUT2D eigenvalue weighted by Crippen LogP contribution is 2.14. The van der Waals surface area contributed by atoms with Crippen LogP contribution in [0.4, 0.5) is 0 Å². The van der Waals surface area contributed by atoms with Crippen LogP contribution in [0.2, 0.25) is 0 Å². The van der Waals surface area contributed by atoms with Crippen molar-refractivity contribution in [3.8, 4) is 0 Å². The maximum atomic E-state index is 11.6. The van der Waals surface area contributed by atoms with Gasteiger partial charge in [-0.15, -0.1) is 0 Å². The van der Waals surface area contributed by atoms with Gasteiger partial charge < -0.3 is 4.74 Å². The zero-order valence-electron chi connectivity index (χ0n) is 12.5. The number of carbonyl (C=O) groups excluding carboxylic acids is 1. The van der Waals surface area contributed by atoms with Gasteiger partial charge in [-0.1, -0.05) is 58.4 Å². The van der Waals surface area contributed by atoms with Crippen molar-refractivity contribution in [2.24, 2.45) is 0 Å². The average molecular weight is 254 g/mol. The van der Waals surface area contributed by atoms with Crippen LogP contribution in [0.3, 0.4) is 0 Å². The summed E-state index contributed by atoms with van der Waals surface area (Å²) < 4.78 is 5.06. The molecule has 0 saturated heterocycles. The van der Waals surface area contributed by atoms with E-state index in [1.807, 2.05) is 13.0 Å². The molecule has 2 nitrogen and oxygen atoms in total. The van der Waals surface area contributed by atoms with E-state index >= 15 is 0 Å². The van der Waals surface area contributed by atoms with E-state index in [1.165, 1.54) is 38.5 Å². The first-order valence-electron chi connectivity index (χ1n) is 7.62. The van der Waals surface area contributed by atoms with Crippen molar-refractivity contribution in [1.82, 2.24) is 0 Å². The van der Waals surface area contributed by atoms with Gasteiger partial charge in [0.1, 0.15) is 0 Å². The van der Waals surface area contributed by atoms with Crippen molar-refractivity contribution in [2.75, 3.05) is 6.61 Å². The molecule has 0 aromatic carbocycles. The van der Waals surface area contributed by atoms with Gasteiger partial charge in [-0.25, -0.2) is 4.79 Å². The molecule has 0 fully saturated rings. The number of ether oxygens (including phenoxy) is 1. The molecule has 0 amide bonds. The summed E-state index contributed by atoms with van der Waals surface area (Å²) in [5, 5.41) is 0. The van der Waals surface area contributed by atoms with Gasteiger partial charge in [-0.3, -0.25) is 0 Å². The summed E-state index contributed by atoms with van der Waals surface area (Å²) in [6.45, 7) is 6.62. The molecule has 0 saturated carbocycles. The second-order valence-electron chi connectivity index (χ2n) is 4.73. The molecule has 0 aliphatic heterocycles. The Morgan fingerprint density at radius 2 is 1.56 bits per heavy atom. The lowest BCUT2D eigenvalue weighted by molar-refractivity contribution is -0.138. The molecule has 0 aliphatic rings. The molecular formula is C16H30O2. The lowest BCUT2D eigenvalue weighted by atomic mass is 10.0. The molecule has 106 valence electrons. The highest BCUT2D eigenvalue weighted by molar-refractivity contribution is 5.88. The van der Waals surface area contributed by atoms with Crippen molar-refractivity contribution < 1.29 is 9.53 Å². The Bertz CT molecular complexity index is 231. The maximum absolute atomic E-state index is 11.6. The number of esters is 1. The number of rotatable bonds is 11. The van der Waals surface area contributed by atoms with Crippen LogP contribution >= 0.6 is 0 Å². The summed E-state index contributed by atoms with van der Waals surface area (Å²) in [5.41, 5.74) is 0.868. The minimum absolute atomic E-state index is 0.120. The van der Waals surface area contributed by atoms with Crippen molar-refractivity contribution >= 4 is 5.97 Å². The molecule has 0 rings (SSSR count). The normalized spacial score (nSPS) is 11.6. The molecule has 0 aromatic rings. The van der Waals surface area contributed by atoms with E-state index < -0.39 is 0 Å². The second kappa shape index (κ2) is 12.7. The molecule has 18 heavy (non-hydrogen) atoms. The fourth-order valence-electron chi connectivity index (χ4n) is 2.03. The van der Waals surface area contributed by atoms with Crippen LogP contribution in [-0.4, -0.2) is 12.6 Å². The van der Waals surface area contributed by atoms with Gasteiger partial charge in [0.15, 0.2) is 0 Å². The van der Waals surface area contributed by atoms with Crippen LogP contribution in [0.5, 0.6) is 0 Å². The van der Waals surface area contributed by atoms with Crippen LogP contribution in [0.25, 0.3) is 0 Å². The molecule has 0 atom stereocenters. The van der Waals surface area contributed by atoms with E-state index in [2.05, 4.69) is 13.8 Å². The molecule has 0 heterocycles. The smallest absolute Gasteiger partial charge is 0.333 e. The van der Waals surface area contributed by atoms with Gasteiger partial charge in [-0.05, 0) is 26.2 Å². The lowest BCUT2D eigenvalue weighted by Crippen LogP contribution is -2.07. The molecule has 0 aromatic heterocycles. The Balaban J connectivity index is 3.71. The third kappa shape index (κ3) is 9.26. The monoisotopic (exact) mass is 254 g/mol. The second-order valence-corrected chi connectivity index (χ2v) is 4.73. The standard InChI is InChI=1S/C16H30O2/c1-4-7-8-9-10-11-12-14-15(13-5-2)16(17)18-6-3/h13H,4-12,14H2,1-3H3. The number of hydrogen-bond acceptors (Lipinski definition) is 2. The number of unbranched alkanes of at least 4 members (excludes halogenated alkanes) is 6. The Morgan fingerprint density at radius 3 is 2.11 bits per heavy atom. The molecule has 0 spiro atoms. The predicted molar refractivity (Wildman–Crippen MR) is 77.6 cm³/mol. The molecule has 0 bridgehead atoms. The van der Waals surface area contributed by atoms with Crippen LogP contribution in [0, 0.1) is 0 Å². The van der Waals surface area contributed by atoms with Crippen LogP contribution in [-0.2, 0) is 9.53 Å². The van der Waals surface area contributed by atoms with Crippen LogP contribution in [0.15, 0.2) is 11.6 Å². The molecule has 0 unspecified atom stereocenters. The van der Waals surface area contributed by atoms with Crippen molar-refractivity contribution in [2.45, 2.75) is 78.6 Å². The van der Waals surface area contributed by atoms with Crippen LogP contribution < -0.4 is 0 Å². The number of allylic oxidation sites excluding steroid dienone is 1. The van der Waals surface area contributed by atoms with Gasteiger partial charge in [0.25, 0.3) is 0 Å². The van der Waals surface area contributed by atoms with E-state index in [1.54, 1.807) is 0 Å². The number of hydrogen-bond donors (Lipinski definition) is 0. The Hall–Kier alpha value is -0.790. The molecule has 0 N–H and O–H groups in total. The molecule has 0 radical (unpaired) electrons. The van der Waals surface area contributed by atoms with E-state index in [0.717, 1.165) is 24.8 Å². The van der Waals surface area contributed by atoms with Gasteiger partial charge >= 0.3 is 5.97 Å². The summed E-state index contributed by atoms with van der Waals surface area (Å²) in [7, 11) is 0. The maximum Gasteiger partial charge on any atom is 0.333 e. The zero-order chi connectivity index (χ0) is 13.6. The van der Waals surface area contributed by atoms with Crippen molar-refractivity contribution in [3.63, 3.8) is 0 Å². The van der Waals surface area contributed by atoms with Crippen molar-refractivity contribution in [3.05, 3.63) is 11.6 Å². The topological polar surface area (TPSA) is 26.3 Å². The van der Waals surface area contributed by atoms with Crippen molar-refractivity contribution in [1.29, 1.82) is 0 Å². The highest BCUT2D eigenvalue weighted by atomic mass is 16.5. The molecule has 2 heteroatoms. The SMILES string of the molecule is CCC=C(CCCCCCCCC)C(=O)OCC. The summed E-state index contributed by atoms with van der Waals surface area (Å²) in [6, 6.07) is 0. The minimum atomic E-state index is -0.120. The zero-order valence-corrected chi connectivity index (χ0v) is 12.5. The van der Waals surface area contributed by atoms with Gasteiger partial charge in [0, 0.05) is 5.57 Å². The van der Waals surface area contributed by atoms with E-state index in [4.69, 9.17) is 4.74 Å². The highest BCUT2D eigenvalue weighted by Gasteiger charge is 2.08. The first kappa shape index (κ1) is 17.2. The molecule has 0 aliphatic carbocycles.